The van der Waals surface area contributed by atoms with Crippen molar-refractivity contribution in [3.05, 3.63) is 41.3 Å². The van der Waals surface area contributed by atoms with Gasteiger partial charge in [0.05, 0.1) is 5.69 Å². The fourth-order valence-corrected chi connectivity index (χ4v) is 2.91. The molecule has 2 aromatic rings. The van der Waals surface area contributed by atoms with Crippen LogP contribution in [0.4, 0.5) is 5.82 Å². The molecule has 0 aromatic carbocycles. The Morgan fingerprint density at radius 1 is 1.38 bits per heavy atom. The number of amides is 1. The Hall–Kier alpha value is -2.17. The number of pyridine rings is 1. The number of rotatable bonds is 1. The molecule has 1 N–H and O–H groups in total. The zero-order valence-electron chi connectivity index (χ0n) is 12.8. The zero-order valence-corrected chi connectivity index (χ0v) is 12.8. The molecule has 5 heteroatoms. The van der Waals surface area contributed by atoms with E-state index in [0.717, 1.165) is 22.6 Å². The first kappa shape index (κ1) is 13.8. The van der Waals surface area contributed by atoms with Gasteiger partial charge in [0.25, 0.3) is 0 Å². The Bertz CT molecular complexity index is 682. The van der Waals surface area contributed by atoms with E-state index in [4.69, 9.17) is 0 Å². The second-order valence-electron chi connectivity index (χ2n) is 6.58. The van der Waals surface area contributed by atoms with Crippen LogP contribution in [0.3, 0.4) is 0 Å². The number of aromatic nitrogens is 3. The fraction of sp³-hybridized carbons (Fsp3) is 0.438. The maximum Gasteiger partial charge on any atom is 0.226 e. The van der Waals surface area contributed by atoms with Crippen molar-refractivity contribution in [3.63, 3.8) is 0 Å². The molecular weight excluding hydrogens is 264 g/mol. The first-order valence-corrected chi connectivity index (χ1v) is 7.15. The van der Waals surface area contributed by atoms with Crippen molar-refractivity contribution in [3.8, 4) is 0 Å². The third kappa shape index (κ3) is 2.33. The van der Waals surface area contributed by atoms with Crippen LogP contribution >= 0.6 is 0 Å². The van der Waals surface area contributed by atoms with Crippen molar-refractivity contribution in [2.45, 2.75) is 38.5 Å². The highest BCUT2D eigenvalue weighted by molar-refractivity contribution is 5.94. The molecule has 0 bridgehead atoms. The molecule has 0 aliphatic carbocycles. The molecule has 1 atom stereocenters. The smallest absolute Gasteiger partial charge is 0.226 e. The van der Waals surface area contributed by atoms with Crippen molar-refractivity contribution < 1.29 is 4.79 Å². The second kappa shape index (κ2) is 4.69. The van der Waals surface area contributed by atoms with Crippen LogP contribution in [-0.4, -0.2) is 20.7 Å². The number of hydrogen-bond acceptors (Lipinski definition) is 3. The maximum atomic E-state index is 12.0. The average molecular weight is 284 g/mol. The molecule has 0 saturated heterocycles. The average Bonchev–Trinajstić information content (AvgIpc) is 2.76. The molecule has 3 heterocycles. The van der Waals surface area contributed by atoms with Crippen LogP contribution in [0.15, 0.2) is 24.5 Å². The van der Waals surface area contributed by atoms with Gasteiger partial charge in [-0.15, -0.1) is 0 Å². The molecule has 1 unspecified atom stereocenters. The van der Waals surface area contributed by atoms with Gasteiger partial charge in [-0.3, -0.25) is 14.5 Å². The number of carbonyl (C=O) groups excluding carboxylic acids is 1. The topological polar surface area (TPSA) is 59.8 Å². The number of anilines is 1. The Morgan fingerprint density at radius 2 is 2.14 bits per heavy atom. The lowest BCUT2D eigenvalue weighted by Gasteiger charge is -2.27. The van der Waals surface area contributed by atoms with E-state index in [2.05, 4.69) is 36.2 Å². The number of fused-ring (bicyclic) bond motifs is 1. The van der Waals surface area contributed by atoms with Crippen molar-refractivity contribution >= 4 is 11.7 Å². The minimum absolute atomic E-state index is 0.0189. The lowest BCUT2D eigenvalue weighted by molar-refractivity contribution is -0.116. The van der Waals surface area contributed by atoms with E-state index in [1.807, 2.05) is 25.4 Å². The van der Waals surface area contributed by atoms with E-state index in [1.54, 1.807) is 10.9 Å². The lowest BCUT2D eigenvalue weighted by Crippen LogP contribution is -2.26. The van der Waals surface area contributed by atoms with Gasteiger partial charge >= 0.3 is 0 Å². The lowest BCUT2D eigenvalue weighted by atomic mass is 9.80. The van der Waals surface area contributed by atoms with Gasteiger partial charge in [-0.05, 0) is 11.6 Å². The number of aryl methyl sites for hydroxylation is 1. The van der Waals surface area contributed by atoms with Gasteiger partial charge in [0.2, 0.25) is 5.91 Å². The van der Waals surface area contributed by atoms with Crippen LogP contribution in [0.5, 0.6) is 0 Å². The van der Waals surface area contributed by atoms with Crippen LogP contribution in [0.2, 0.25) is 0 Å². The molecular formula is C16H20N4O. The van der Waals surface area contributed by atoms with E-state index in [-0.39, 0.29) is 17.2 Å². The molecule has 0 spiro atoms. The number of hydrogen-bond donors (Lipinski definition) is 1. The molecule has 3 rings (SSSR count). The normalized spacial score (nSPS) is 18.3. The highest BCUT2D eigenvalue weighted by Crippen LogP contribution is 2.42. The van der Waals surface area contributed by atoms with Gasteiger partial charge in [0.1, 0.15) is 5.82 Å². The molecule has 5 nitrogen and oxygen atoms in total. The van der Waals surface area contributed by atoms with E-state index in [9.17, 15) is 4.79 Å². The molecule has 2 aromatic heterocycles. The molecule has 0 radical (unpaired) electrons. The number of carbonyl (C=O) groups is 1. The van der Waals surface area contributed by atoms with Crippen LogP contribution in [0.1, 0.15) is 49.9 Å². The third-order valence-corrected chi connectivity index (χ3v) is 3.88. The summed E-state index contributed by atoms with van der Waals surface area (Å²) in [4.78, 5) is 16.2. The summed E-state index contributed by atoms with van der Waals surface area (Å²) >= 11 is 0. The van der Waals surface area contributed by atoms with Crippen LogP contribution < -0.4 is 5.32 Å². The Morgan fingerprint density at radius 3 is 2.76 bits per heavy atom. The summed E-state index contributed by atoms with van der Waals surface area (Å²) in [6, 6.07) is 3.94. The third-order valence-electron chi connectivity index (χ3n) is 3.88. The summed E-state index contributed by atoms with van der Waals surface area (Å²) in [6.07, 6.45) is 4.03. The summed E-state index contributed by atoms with van der Waals surface area (Å²) in [6.45, 7) is 6.44. The van der Waals surface area contributed by atoms with E-state index in [1.165, 1.54) is 0 Å². The molecule has 0 saturated carbocycles. The summed E-state index contributed by atoms with van der Waals surface area (Å²) in [7, 11) is 1.87. The van der Waals surface area contributed by atoms with Crippen LogP contribution in [0.25, 0.3) is 0 Å². The molecule has 1 aliphatic rings. The summed E-state index contributed by atoms with van der Waals surface area (Å²) in [5.74, 6) is 0.857. The van der Waals surface area contributed by atoms with Crippen LogP contribution in [-0.2, 0) is 17.3 Å². The van der Waals surface area contributed by atoms with Gasteiger partial charge in [-0.1, -0.05) is 26.8 Å². The van der Waals surface area contributed by atoms with Crippen molar-refractivity contribution in [1.82, 2.24) is 14.8 Å². The fourth-order valence-electron chi connectivity index (χ4n) is 2.91. The van der Waals surface area contributed by atoms with Gasteiger partial charge in [0, 0.05) is 42.8 Å². The van der Waals surface area contributed by atoms with Gasteiger partial charge in [-0.25, -0.2) is 0 Å². The highest BCUT2D eigenvalue weighted by atomic mass is 16.1. The van der Waals surface area contributed by atoms with Gasteiger partial charge in [0.15, 0.2) is 0 Å². The Kier molecular flexibility index (Phi) is 3.08. The van der Waals surface area contributed by atoms with Crippen LogP contribution in [0, 0.1) is 0 Å². The molecule has 1 aliphatic heterocycles. The molecule has 0 fully saturated rings. The summed E-state index contributed by atoms with van der Waals surface area (Å²) in [5.41, 5.74) is 3.15. The summed E-state index contributed by atoms with van der Waals surface area (Å²) in [5, 5.41) is 7.62. The SMILES string of the molecule is Cn1nc(C(C)(C)C)c2c1NC(=O)CC2c1cccnc1. The van der Waals surface area contributed by atoms with E-state index >= 15 is 0 Å². The molecule has 1 amide bonds. The maximum absolute atomic E-state index is 12.0. The van der Waals surface area contributed by atoms with Gasteiger partial charge in [-0.2, -0.15) is 5.10 Å². The zero-order chi connectivity index (χ0) is 15.2. The number of nitrogens with one attached hydrogen (secondary N) is 1. The highest BCUT2D eigenvalue weighted by Gasteiger charge is 2.36. The van der Waals surface area contributed by atoms with Crippen molar-refractivity contribution in [2.75, 3.05) is 5.32 Å². The van der Waals surface area contributed by atoms with E-state index in [0.29, 0.717) is 6.42 Å². The predicted molar refractivity (Wildman–Crippen MR) is 81.2 cm³/mol. The first-order chi connectivity index (χ1) is 9.88. The van der Waals surface area contributed by atoms with E-state index < -0.39 is 0 Å². The first-order valence-electron chi connectivity index (χ1n) is 7.15. The molecule has 110 valence electrons. The summed E-state index contributed by atoms with van der Waals surface area (Å²) < 4.78 is 1.77. The monoisotopic (exact) mass is 284 g/mol. The largest absolute Gasteiger partial charge is 0.311 e. The van der Waals surface area contributed by atoms with Crippen molar-refractivity contribution in [2.24, 2.45) is 7.05 Å². The number of nitrogens with zero attached hydrogens (tertiary/aromatic N) is 3. The Labute approximate surface area is 124 Å². The minimum Gasteiger partial charge on any atom is -0.311 e. The minimum atomic E-state index is -0.0755. The second-order valence-corrected chi connectivity index (χ2v) is 6.58. The predicted octanol–water partition coefficient (Wildman–Crippen LogP) is 2.59. The Balaban J connectivity index is 2.21. The van der Waals surface area contributed by atoms with Gasteiger partial charge < -0.3 is 5.32 Å². The molecule has 21 heavy (non-hydrogen) atoms. The quantitative estimate of drug-likeness (QED) is 0.875. The van der Waals surface area contributed by atoms with Crippen molar-refractivity contribution in [1.29, 1.82) is 0 Å². The standard InChI is InChI=1S/C16H20N4O/c1-16(2,3)14-13-11(10-6-5-7-17-9-10)8-12(21)18-15(13)20(4)19-14/h5-7,9,11H,8H2,1-4H3,(H,18,21).